The van der Waals surface area contributed by atoms with Gasteiger partial charge in [-0.3, -0.25) is 9.59 Å². The second-order valence-corrected chi connectivity index (χ2v) is 10.0. The summed E-state index contributed by atoms with van der Waals surface area (Å²) in [5, 5.41) is 0. The van der Waals surface area contributed by atoms with Crippen molar-refractivity contribution < 1.29 is 27.5 Å². The molecular formula is C26H26N2O6S. The van der Waals surface area contributed by atoms with Crippen LogP contribution in [0.4, 0.5) is 5.69 Å². The molecule has 1 unspecified atom stereocenters. The third kappa shape index (κ3) is 4.65. The quantitative estimate of drug-likeness (QED) is 0.505. The Morgan fingerprint density at radius 1 is 0.914 bits per heavy atom. The van der Waals surface area contributed by atoms with Crippen molar-refractivity contribution in [2.24, 2.45) is 0 Å². The minimum absolute atomic E-state index is 0.00312. The van der Waals surface area contributed by atoms with Gasteiger partial charge in [0, 0.05) is 17.8 Å². The lowest BCUT2D eigenvalue weighted by Gasteiger charge is -2.29. The van der Waals surface area contributed by atoms with E-state index in [9.17, 15) is 18.0 Å². The summed E-state index contributed by atoms with van der Waals surface area (Å²) in [5.74, 6) is -0.574. The molecule has 0 spiro atoms. The normalized spacial score (nSPS) is 16.2. The number of sulfonamides is 1. The predicted molar refractivity (Wildman–Crippen MR) is 131 cm³/mol. The van der Waals surface area contributed by atoms with E-state index in [-0.39, 0.29) is 23.9 Å². The lowest BCUT2D eigenvalue weighted by atomic mass is 10.1. The lowest BCUT2D eigenvalue weighted by Crippen LogP contribution is -2.50. The van der Waals surface area contributed by atoms with Crippen LogP contribution in [0.25, 0.3) is 0 Å². The van der Waals surface area contributed by atoms with Gasteiger partial charge in [-0.05, 0) is 54.4 Å². The maximum absolute atomic E-state index is 13.8. The van der Waals surface area contributed by atoms with Gasteiger partial charge in [-0.1, -0.05) is 36.4 Å². The number of para-hydroxylation sites is 1. The third-order valence-corrected chi connectivity index (χ3v) is 7.94. The average molecular weight is 495 g/mol. The van der Waals surface area contributed by atoms with E-state index in [1.807, 2.05) is 19.1 Å². The Bertz CT molecular complexity index is 1350. The van der Waals surface area contributed by atoms with Crippen LogP contribution in [0.1, 0.15) is 21.5 Å². The lowest BCUT2D eigenvalue weighted by molar-refractivity contribution is -0.144. The summed E-state index contributed by atoms with van der Waals surface area (Å²) in [5.41, 5.74) is 2.38. The highest BCUT2D eigenvalue weighted by atomic mass is 32.2. The molecule has 0 saturated carbocycles. The monoisotopic (exact) mass is 494 g/mol. The zero-order valence-electron chi connectivity index (χ0n) is 19.7. The summed E-state index contributed by atoms with van der Waals surface area (Å²) < 4.78 is 38.7. The first-order valence-electron chi connectivity index (χ1n) is 11.0. The van der Waals surface area contributed by atoms with Crippen molar-refractivity contribution in [2.45, 2.75) is 24.4 Å². The van der Waals surface area contributed by atoms with Crippen LogP contribution in [-0.2, 0) is 26.1 Å². The van der Waals surface area contributed by atoms with Gasteiger partial charge in [-0.25, -0.2) is 8.42 Å². The molecule has 0 bridgehead atoms. The summed E-state index contributed by atoms with van der Waals surface area (Å²) in [6.07, 6.45) is 0. The van der Waals surface area contributed by atoms with E-state index in [4.69, 9.17) is 9.47 Å². The number of amides is 1. The van der Waals surface area contributed by atoms with Gasteiger partial charge in [0.25, 0.3) is 5.91 Å². The molecule has 9 heteroatoms. The van der Waals surface area contributed by atoms with E-state index in [2.05, 4.69) is 0 Å². The molecule has 0 radical (unpaired) electrons. The summed E-state index contributed by atoms with van der Waals surface area (Å²) in [6, 6.07) is 18.9. The molecule has 0 N–H and O–H groups in total. The van der Waals surface area contributed by atoms with Crippen molar-refractivity contribution in [3.05, 3.63) is 89.5 Å². The molecule has 4 rings (SSSR count). The molecule has 3 aromatic rings. The number of anilines is 1. The molecule has 1 aliphatic rings. The first-order chi connectivity index (χ1) is 16.8. The zero-order valence-corrected chi connectivity index (χ0v) is 20.5. The number of methoxy groups -OCH3 is 2. The second kappa shape index (κ2) is 9.89. The molecule has 8 nitrogen and oxygen atoms in total. The number of fused-ring (bicyclic) bond motifs is 1. The van der Waals surface area contributed by atoms with E-state index >= 15 is 0 Å². The van der Waals surface area contributed by atoms with Gasteiger partial charge in [0.1, 0.15) is 11.8 Å². The molecule has 35 heavy (non-hydrogen) atoms. The maximum atomic E-state index is 13.8. The summed E-state index contributed by atoms with van der Waals surface area (Å²) >= 11 is 0. The Labute approximate surface area is 204 Å². The minimum atomic E-state index is -4.14. The van der Waals surface area contributed by atoms with Crippen molar-refractivity contribution in [1.29, 1.82) is 0 Å². The van der Waals surface area contributed by atoms with Crippen molar-refractivity contribution in [2.75, 3.05) is 25.7 Å². The number of hydrogen-bond acceptors (Lipinski definition) is 6. The Kier molecular flexibility index (Phi) is 6.90. The van der Waals surface area contributed by atoms with Gasteiger partial charge < -0.3 is 14.4 Å². The molecular weight excluding hydrogens is 468 g/mol. The minimum Gasteiger partial charge on any atom is -0.497 e. The van der Waals surface area contributed by atoms with Crippen LogP contribution in [-0.4, -0.2) is 51.4 Å². The number of nitrogens with zero attached hydrogens (tertiary/aromatic N) is 2. The number of esters is 1. The average Bonchev–Trinajstić information content (AvgIpc) is 3.06. The third-order valence-electron chi connectivity index (χ3n) is 6.07. The highest BCUT2D eigenvalue weighted by Gasteiger charge is 2.42. The highest BCUT2D eigenvalue weighted by Crippen LogP contribution is 2.33. The summed E-state index contributed by atoms with van der Waals surface area (Å²) in [6.45, 7) is 1.52. The zero-order chi connectivity index (χ0) is 25.2. The van der Waals surface area contributed by atoms with Gasteiger partial charge in [-0.15, -0.1) is 0 Å². The first kappa shape index (κ1) is 24.4. The summed E-state index contributed by atoms with van der Waals surface area (Å²) in [7, 11) is -1.45. The van der Waals surface area contributed by atoms with Crippen molar-refractivity contribution in [1.82, 2.24) is 4.31 Å². The fourth-order valence-electron chi connectivity index (χ4n) is 4.16. The van der Waals surface area contributed by atoms with Crippen LogP contribution in [0.2, 0.25) is 0 Å². The molecule has 0 aromatic heterocycles. The van der Waals surface area contributed by atoms with Crippen molar-refractivity contribution >= 4 is 27.6 Å². The fraction of sp³-hybridized carbons (Fsp3) is 0.231. The van der Waals surface area contributed by atoms with Gasteiger partial charge >= 0.3 is 5.97 Å². The van der Waals surface area contributed by atoms with Gasteiger partial charge in [-0.2, -0.15) is 4.31 Å². The number of carbonyl (C=O) groups is 2. The Balaban J connectivity index is 1.84. The first-order valence-corrected chi connectivity index (χ1v) is 12.4. The maximum Gasteiger partial charge on any atom is 0.326 e. The SMILES string of the molecule is COC(=O)C1CN(C(=O)c2ccccc2C)c2ccccc2CN1S(=O)(=O)c1ccc(OC)cc1. The van der Waals surface area contributed by atoms with Crippen molar-refractivity contribution in [3.8, 4) is 5.75 Å². The van der Waals surface area contributed by atoms with E-state index in [1.165, 1.54) is 31.3 Å². The van der Waals surface area contributed by atoms with Crippen LogP contribution >= 0.6 is 0 Å². The highest BCUT2D eigenvalue weighted by molar-refractivity contribution is 7.89. The Morgan fingerprint density at radius 2 is 1.57 bits per heavy atom. The molecule has 0 saturated heterocycles. The number of carbonyl (C=O) groups excluding carboxylic acids is 2. The number of hydrogen-bond donors (Lipinski definition) is 0. The molecule has 1 aliphatic heterocycles. The molecule has 182 valence electrons. The fourth-order valence-corrected chi connectivity index (χ4v) is 5.71. The topological polar surface area (TPSA) is 93.2 Å². The van der Waals surface area contributed by atoms with E-state index in [0.717, 1.165) is 9.87 Å². The molecule has 1 atom stereocenters. The van der Waals surface area contributed by atoms with Crippen LogP contribution in [0, 0.1) is 6.92 Å². The molecule has 0 aliphatic carbocycles. The second-order valence-electron chi connectivity index (χ2n) is 8.12. The van der Waals surface area contributed by atoms with E-state index in [1.54, 1.807) is 48.5 Å². The van der Waals surface area contributed by atoms with E-state index in [0.29, 0.717) is 22.6 Å². The standard InChI is InChI=1S/C26H26N2O6S/c1-18-8-4-6-10-22(18)25(29)27-17-24(26(30)34-3)28(16-19-9-5-7-11-23(19)27)35(31,32)21-14-12-20(33-2)13-15-21/h4-15,24H,16-17H2,1-3H3. The van der Waals surface area contributed by atoms with Gasteiger partial charge in [0.05, 0.1) is 25.7 Å². The Morgan fingerprint density at radius 3 is 2.23 bits per heavy atom. The molecule has 1 amide bonds. The number of benzene rings is 3. The smallest absolute Gasteiger partial charge is 0.326 e. The number of rotatable bonds is 5. The Hall–Kier alpha value is -3.69. The van der Waals surface area contributed by atoms with Crippen LogP contribution in [0.5, 0.6) is 5.75 Å². The molecule has 1 heterocycles. The predicted octanol–water partition coefficient (Wildman–Crippen LogP) is 3.40. The van der Waals surface area contributed by atoms with Crippen molar-refractivity contribution in [3.63, 3.8) is 0 Å². The van der Waals surface area contributed by atoms with Gasteiger partial charge in [0.15, 0.2) is 0 Å². The number of ether oxygens (including phenoxy) is 2. The van der Waals surface area contributed by atoms with Crippen LogP contribution < -0.4 is 9.64 Å². The number of aryl methyl sites for hydroxylation is 1. The summed E-state index contributed by atoms with van der Waals surface area (Å²) in [4.78, 5) is 28.1. The largest absolute Gasteiger partial charge is 0.497 e. The molecule has 0 fully saturated rings. The molecule has 3 aromatic carbocycles. The van der Waals surface area contributed by atoms with Crippen LogP contribution in [0.15, 0.2) is 77.7 Å². The van der Waals surface area contributed by atoms with Crippen LogP contribution in [0.3, 0.4) is 0 Å². The van der Waals surface area contributed by atoms with E-state index < -0.39 is 22.0 Å². The van der Waals surface area contributed by atoms with Gasteiger partial charge in [0.2, 0.25) is 10.0 Å².